The quantitative estimate of drug-likeness (QED) is 0.648. The van der Waals surface area contributed by atoms with Crippen LogP contribution in [0, 0.1) is 5.92 Å². The number of anilines is 2. The molecular weight excluding hydrogens is 264 g/mol. The lowest BCUT2D eigenvalue weighted by molar-refractivity contribution is 0.118. The first kappa shape index (κ1) is 16.0. The molecule has 2 N–H and O–H groups in total. The Hall–Kier alpha value is -1.36. The van der Waals surface area contributed by atoms with E-state index in [-0.39, 0.29) is 0 Å². The predicted octanol–water partition coefficient (Wildman–Crippen LogP) is 3.26. The van der Waals surface area contributed by atoms with Crippen molar-refractivity contribution in [1.29, 1.82) is 0 Å². The lowest BCUT2D eigenvalue weighted by atomic mass is 10.2. The van der Waals surface area contributed by atoms with Crippen molar-refractivity contribution < 1.29 is 4.74 Å². The molecule has 0 bridgehead atoms. The van der Waals surface area contributed by atoms with Crippen molar-refractivity contribution in [2.75, 3.05) is 36.9 Å². The maximum absolute atomic E-state index is 5.58. The zero-order valence-electron chi connectivity index (χ0n) is 13.5. The Kier molecular flexibility index (Phi) is 6.23. The van der Waals surface area contributed by atoms with Crippen LogP contribution in [0.25, 0.3) is 0 Å². The number of rotatable bonds is 10. The van der Waals surface area contributed by atoms with Crippen molar-refractivity contribution in [3.8, 4) is 0 Å². The van der Waals surface area contributed by atoms with Crippen molar-refractivity contribution >= 4 is 11.6 Å². The van der Waals surface area contributed by atoms with Gasteiger partial charge >= 0.3 is 0 Å². The van der Waals surface area contributed by atoms with Crippen molar-refractivity contribution in [3.63, 3.8) is 0 Å². The molecule has 1 aliphatic carbocycles. The molecule has 0 aliphatic heterocycles. The van der Waals surface area contributed by atoms with Crippen molar-refractivity contribution in [1.82, 2.24) is 9.97 Å². The largest absolute Gasteiger partial charge is 0.379 e. The highest BCUT2D eigenvalue weighted by Gasteiger charge is 2.27. The molecule has 1 aromatic rings. The predicted molar refractivity (Wildman–Crippen MR) is 86.9 cm³/mol. The molecule has 0 atom stereocenters. The smallest absolute Gasteiger partial charge is 0.136 e. The molecule has 0 spiro atoms. The summed E-state index contributed by atoms with van der Waals surface area (Å²) in [6, 6.07) is 1.99. The molecule has 5 heteroatoms. The van der Waals surface area contributed by atoms with Gasteiger partial charge in [0.25, 0.3) is 0 Å². The van der Waals surface area contributed by atoms with E-state index in [0.717, 1.165) is 43.6 Å². The number of ether oxygens (including phenoxy) is 1. The second-order valence-corrected chi connectivity index (χ2v) is 6.09. The van der Waals surface area contributed by atoms with Gasteiger partial charge in [-0.05, 0) is 25.2 Å². The fourth-order valence-corrected chi connectivity index (χ4v) is 1.99. The van der Waals surface area contributed by atoms with Crippen LogP contribution in [0.1, 0.15) is 51.8 Å². The molecule has 0 aromatic carbocycles. The Bertz CT molecular complexity index is 432. The van der Waals surface area contributed by atoms with Crippen molar-refractivity contribution in [2.24, 2.45) is 5.92 Å². The molecule has 1 fully saturated rings. The minimum Gasteiger partial charge on any atom is -0.379 e. The highest BCUT2D eigenvalue weighted by molar-refractivity contribution is 5.48. The Labute approximate surface area is 127 Å². The summed E-state index contributed by atoms with van der Waals surface area (Å²) >= 11 is 0. The van der Waals surface area contributed by atoms with E-state index in [1.807, 2.05) is 6.07 Å². The van der Waals surface area contributed by atoms with Gasteiger partial charge in [0.15, 0.2) is 0 Å². The van der Waals surface area contributed by atoms with Crippen LogP contribution in [0.4, 0.5) is 11.6 Å². The molecule has 118 valence electrons. The first-order valence-electron chi connectivity index (χ1n) is 8.13. The number of nitrogens with one attached hydrogen (secondary N) is 2. The van der Waals surface area contributed by atoms with E-state index in [1.165, 1.54) is 12.8 Å². The van der Waals surface area contributed by atoms with Gasteiger partial charge in [-0.2, -0.15) is 0 Å². The zero-order valence-corrected chi connectivity index (χ0v) is 13.5. The first-order valence-corrected chi connectivity index (χ1v) is 8.13. The average Bonchev–Trinajstić information content (AvgIpc) is 3.29. The maximum atomic E-state index is 5.58. The van der Waals surface area contributed by atoms with E-state index in [4.69, 9.17) is 4.74 Å². The summed E-state index contributed by atoms with van der Waals surface area (Å²) in [4.78, 5) is 9.23. The fraction of sp³-hybridized carbons (Fsp3) is 0.750. The Morgan fingerprint density at radius 3 is 2.43 bits per heavy atom. The van der Waals surface area contributed by atoms with Crippen LogP contribution in [0.2, 0.25) is 0 Å². The highest BCUT2D eigenvalue weighted by Crippen LogP contribution is 2.38. The SMILES string of the molecule is CCCNc1cc(NCCOCC(C)C)nc(C2CC2)n1. The average molecular weight is 292 g/mol. The maximum Gasteiger partial charge on any atom is 0.136 e. The highest BCUT2D eigenvalue weighted by atomic mass is 16.5. The molecule has 1 saturated carbocycles. The van der Waals surface area contributed by atoms with Gasteiger partial charge in [-0.1, -0.05) is 20.8 Å². The van der Waals surface area contributed by atoms with Crippen LogP contribution in [-0.2, 0) is 4.74 Å². The first-order chi connectivity index (χ1) is 10.2. The molecule has 1 aromatic heterocycles. The molecule has 0 unspecified atom stereocenters. The van der Waals surface area contributed by atoms with Crippen molar-refractivity contribution in [2.45, 2.75) is 46.0 Å². The van der Waals surface area contributed by atoms with E-state index >= 15 is 0 Å². The summed E-state index contributed by atoms with van der Waals surface area (Å²) in [6.45, 7) is 9.71. The number of aromatic nitrogens is 2. The van der Waals surface area contributed by atoms with Crippen LogP contribution in [-0.4, -0.2) is 36.3 Å². The zero-order chi connectivity index (χ0) is 15.1. The lowest BCUT2D eigenvalue weighted by Crippen LogP contribution is -2.14. The number of hydrogen-bond donors (Lipinski definition) is 2. The lowest BCUT2D eigenvalue weighted by Gasteiger charge is -2.11. The van der Waals surface area contributed by atoms with Crippen LogP contribution in [0.3, 0.4) is 0 Å². The molecule has 0 amide bonds. The van der Waals surface area contributed by atoms with Gasteiger partial charge in [-0.15, -0.1) is 0 Å². The standard InChI is InChI=1S/C16H28N4O/c1-4-7-17-14-10-15(18-8-9-21-11-12(2)3)20-16(19-14)13-5-6-13/h10,12-13H,4-9,11H2,1-3H3,(H2,17,18,19,20). The summed E-state index contributed by atoms with van der Waals surface area (Å²) in [5, 5.41) is 6.69. The minimum absolute atomic E-state index is 0.561. The fourth-order valence-electron chi connectivity index (χ4n) is 1.99. The summed E-state index contributed by atoms with van der Waals surface area (Å²) in [6.07, 6.45) is 3.52. The molecular formula is C16H28N4O. The summed E-state index contributed by atoms with van der Waals surface area (Å²) < 4.78 is 5.58. The minimum atomic E-state index is 0.561. The van der Waals surface area contributed by atoms with Gasteiger partial charge < -0.3 is 15.4 Å². The van der Waals surface area contributed by atoms with E-state index < -0.39 is 0 Å². The summed E-state index contributed by atoms with van der Waals surface area (Å²) in [7, 11) is 0. The molecule has 0 radical (unpaired) electrons. The van der Waals surface area contributed by atoms with Gasteiger partial charge in [0.05, 0.1) is 6.61 Å². The van der Waals surface area contributed by atoms with E-state index in [0.29, 0.717) is 18.4 Å². The van der Waals surface area contributed by atoms with Crippen LogP contribution >= 0.6 is 0 Å². The Morgan fingerprint density at radius 2 is 1.86 bits per heavy atom. The second-order valence-electron chi connectivity index (χ2n) is 6.09. The molecule has 21 heavy (non-hydrogen) atoms. The van der Waals surface area contributed by atoms with Gasteiger partial charge in [-0.3, -0.25) is 0 Å². The molecule has 1 heterocycles. The number of nitrogens with zero attached hydrogens (tertiary/aromatic N) is 2. The third kappa shape index (κ3) is 5.87. The molecule has 0 saturated heterocycles. The van der Waals surface area contributed by atoms with Crippen LogP contribution < -0.4 is 10.6 Å². The van der Waals surface area contributed by atoms with E-state index in [2.05, 4.69) is 41.4 Å². The summed E-state index contributed by atoms with van der Waals surface area (Å²) in [5.41, 5.74) is 0. The monoisotopic (exact) mass is 292 g/mol. The van der Waals surface area contributed by atoms with E-state index in [9.17, 15) is 0 Å². The third-order valence-electron chi connectivity index (χ3n) is 3.25. The Morgan fingerprint density at radius 1 is 1.19 bits per heavy atom. The van der Waals surface area contributed by atoms with Crippen molar-refractivity contribution in [3.05, 3.63) is 11.9 Å². The third-order valence-corrected chi connectivity index (χ3v) is 3.25. The van der Waals surface area contributed by atoms with Gasteiger partial charge in [0.2, 0.25) is 0 Å². The topological polar surface area (TPSA) is 59.1 Å². The number of hydrogen-bond acceptors (Lipinski definition) is 5. The molecule has 1 aliphatic rings. The second kappa shape index (κ2) is 8.17. The normalized spacial score (nSPS) is 14.5. The van der Waals surface area contributed by atoms with E-state index in [1.54, 1.807) is 0 Å². The van der Waals surface area contributed by atoms with Crippen LogP contribution in [0.15, 0.2) is 6.07 Å². The summed E-state index contributed by atoms with van der Waals surface area (Å²) in [5.74, 6) is 3.95. The van der Waals surface area contributed by atoms with Crippen LogP contribution in [0.5, 0.6) is 0 Å². The van der Waals surface area contributed by atoms with Gasteiger partial charge in [-0.25, -0.2) is 9.97 Å². The van der Waals surface area contributed by atoms with Gasteiger partial charge in [0, 0.05) is 31.7 Å². The van der Waals surface area contributed by atoms with Gasteiger partial charge in [0.1, 0.15) is 17.5 Å². The Balaban J connectivity index is 1.86. The molecule has 2 rings (SSSR count). The molecule has 5 nitrogen and oxygen atoms in total.